The SMILES string of the molecule is CC/C=C/C/C=C/C/C=C\CCCCCCCCCCCC(=O)O. The van der Waals surface area contributed by atoms with Gasteiger partial charge in [-0.3, -0.25) is 4.79 Å². The largest absolute Gasteiger partial charge is 0.481 e. The zero-order valence-electron chi connectivity index (χ0n) is 15.7. The Balaban J connectivity index is 3.18. The number of allylic oxidation sites excluding steroid dienone is 6. The fourth-order valence-electron chi connectivity index (χ4n) is 2.60. The first-order valence-corrected chi connectivity index (χ1v) is 9.94. The van der Waals surface area contributed by atoms with Crippen molar-refractivity contribution in [3.63, 3.8) is 0 Å². The van der Waals surface area contributed by atoms with Crippen molar-refractivity contribution in [2.75, 3.05) is 0 Å². The van der Waals surface area contributed by atoms with Crippen LogP contribution in [0.2, 0.25) is 0 Å². The number of hydrogen-bond acceptors (Lipinski definition) is 1. The van der Waals surface area contributed by atoms with Gasteiger partial charge in [-0.2, -0.15) is 0 Å². The van der Waals surface area contributed by atoms with Gasteiger partial charge in [0, 0.05) is 6.42 Å². The molecule has 2 nitrogen and oxygen atoms in total. The zero-order chi connectivity index (χ0) is 17.7. The Morgan fingerprint density at radius 1 is 0.667 bits per heavy atom. The van der Waals surface area contributed by atoms with Crippen LogP contribution in [0.1, 0.15) is 96.8 Å². The van der Waals surface area contributed by atoms with Gasteiger partial charge in [0.25, 0.3) is 0 Å². The van der Waals surface area contributed by atoms with Crippen molar-refractivity contribution in [3.05, 3.63) is 36.5 Å². The average molecular weight is 335 g/mol. The first kappa shape index (κ1) is 22.7. The predicted octanol–water partition coefficient (Wildman–Crippen LogP) is 7.22. The molecular weight excluding hydrogens is 296 g/mol. The molecule has 24 heavy (non-hydrogen) atoms. The molecule has 0 aromatic heterocycles. The van der Waals surface area contributed by atoms with Gasteiger partial charge in [0.1, 0.15) is 0 Å². The Morgan fingerprint density at radius 3 is 1.67 bits per heavy atom. The lowest BCUT2D eigenvalue weighted by molar-refractivity contribution is -0.137. The lowest BCUT2D eigenvalue weighted by atomic mass is 10.1. The Hall–Kier alpha value is -1.31. The molecule has 0 saturated heterocycles. The maximum Gasteiger partial charge on any atom is 0.303 e. The van der Waals surface area contributed by atoms with E-state index in [1.165, 1.54) is 51.4 Å². The molecule has 2 heteroatoms. The number of unbranched alkanes of at least 4 members (excludes halogenated alkanes) is 9. The first-order valence-electron chi connectivity index (χ1n) is 9.94. The van der Waals surface area contributed by atoms with Crippen LogP contribution in [0.25, 0.3) is 0 Å². The van der Waals surface area contributed by atoms with Crippen LogP contribution in [0.5, 0.6) is 0 Å². The summed E-state index contributed by atoms with van der Waals surface area (Å²) in [5.41, 5.74) is 0. The second kappa shape index (κ2) is 19.7. The summed E-state index contributed by atoms with van der Waals surface area (Å²) in [6.07, 6.45) is 29.3. The fraction of sp³-hybridized carbons (Fsp3) is 0.682. The Bertz CT molecular complexity index is 353. The normalized spacial score (nSPS) is 12.0. The summed E-state index contributed by atoms with van der Waals surface area (Å²) in [5.74, 6) is -0.663. The molecule has 0 aromatic carbocycles. The Kier molecular flexibility index (Phi) is 18.7. The van der Waals surface area contributed by atoms with Gasteiger partial charge >= 0.3 is 5.97 Å². The van der Waals surface area contributed by atoms with Crippen LogP contribution < -0.4 is 0 Å². The molecule has 0 saturated carbocycles. The van der Waals surface area contributed by atoms with Crippen molar-refractivity contribution in [2.24, 2.45) is 0 Å². The second-order valence-corrected chi connectivity index (χ2v) is 6.41. The van der Waals surface area contributed by atoms with E-state index in [1.54, 1.807) is 0 Å². The molecule has 0 aliphatic heterocycles. The lowest BCUT2D eigenvalue weighted by Crippen LogP contribution is -1.93. The quantitative estimate of drug-likeness (QED) is 0.225. The molecule has 0 heterocycles. The minimum atomic E-state index is -0.663. The van der Waals surface area contributed by atoms with Gasteiger partial charge in [-0.25, -0.2) is 0 Å². The number of carbonyl (C=O) groups is 1. The van der Waals surface area contributed by atoms with Crippen LogP contribution in [0.4, 0.5) is 0 Å². The predicted molar refractivity (Wildman–Crippen MR) is 105 cm³/mol. The van der Waals surface area contributed by atoms with Crippen molar-refractivity contribution in [2.45, 2.75) is 96.8 Å². The third kappa shape index (κ3) is 20.7. The van der Waals surface area contributed by atoms with Crippen LogP contribution in [0.3, 0.4) is 0 Å². The van der Waals surface area contributed by atoms with Crippen LogP contribution in [0.15, 0.2) is 36.5 Å². The Morgan fingerprint density at radius 2 is 1.12 bits per heavy atom. The smallest absolute Gasteiger partial charge is 0.303 e. The molecule has 0 atom stereocenters. The minimum absolute atomic E-state index is 0.333. The summed E-state index contributed by atoms with van der Waals surface area (Å²) < 4.78 is 0. The molecule has 0 rings (SSSR count). The third-order valence-corrected chi connectivity index (χ3v) is 4.04. The van der Waals surface area contributed by atoms with Gasteiger partial charge in [0.05, 0.1) is 0 Å². The zero-order valence-corrected chi connectivity index (χ0v) is 15.7. The van der Waals surface area contributed by atoms with E-state index >= 15 is 0 Å². The highest BCUT2D eigenvalue weighted by molar-refractivity contribution is 5.66. The monoisotopic (exact) mass is 334 g/mol. The number of carboxylic acid groups (broad SMARTS) is 1. The van der Waals surface area contributed by atoms with Crippen molar-refractivity contribution in [3.8, 4) is 0 Å². The molecule has 0 aliphatic rings. The molecular formula is C22H38O2. The van der Waals surface area contributed by atoms with Gasteiger partial charge in [-0.1, -0.05) is 88.3 Å². The topological polar surface area (TPSA) is 37.3 Å². The third-order valence-electron chi connectivity index (χ3n) is 4.04. The molecule has 1 N–H and O–H groups in total. The first-order chi connectivity index (χ1) is 11.8. The standard InChI is InChI=1S/C22H38O2/c1-2-3-4-5-6-7-8-9-10-11-12-13-14-15-16-17-18-19-20-21-22(23)24/h3-4,6-7,9-10H,2,5,8,11-21H2,1H3,(H,23,24)/b4-3+,7-6+,10-9-. The minimum Gasteiger partial charge on any atom is -0.481 e. The van der Waals surface area contributed by atoms with Crippen molar-refractivity contribution in [1.82, 2.24) is 0 Å². The molecule has 0 fully saturated rings. The molecule has 0 unspecified atom stereocenters. The van der Waals surface area contributed by atoms with E-state index in [0.717, 1.165) is 32.1 Å². The summed E-state index contributed by atoms with van der Waals surface area (Å²) >= 11 is 0. The highest BCUT2D eigenvalue weighted by Crippen LogP contribution is 2.11. The van der Waals surface area contributed by atoms with Crippen LogP contribution in [-0.4, -0.2) is 11.1 Å². The van der Waals surface area contributed by atoms with Crippen molar-refractivity contribution >= 4 is 5.97 Å². The van der Waals surface area contributed by atoms with Crippen molar-refractivity contribution < 1.29 is 9.90 Å². The number of aliphatic carboxylic acids is 1. The van der Waals surface area contributed by atoms with Gasteiger partial charge in [-0.05, 0) is 38.5 Å². The number of hydrogen-bond donors (Lipinski definition) is 1. The highest BCUT2D eigenvalue weighted by Gasteiger charge is 1.96. The maximum atomic E-state index is 10.4. The van der Waals surface area contributed by atoms with E-state index in [2.05, 4.69) is 43.4 Å². The summed E-state index contributed by atoms with van der Waals surface area (Å²) in [7, 11) is 0. The second-order valence-electron chi connectivity index (χ2n) is 6.41. The number of carboxylic acids is 1. The highest BCUT2D eigenvalue weighted by atomic mass is 16.4. The summed E-state index contributed by atoms with van der Waals surface area (Å²) in [4.78, 5) is 10.4. The van der Waals surface area contributed by atoms with Gasteiger partial charge in [0.15, 0.2) is 0 Å². The summed E-state index contributed by atoms with van der Waals surface area (Å²) in [6.45, 7) is 2.16. The average Bonchev–Trinajstić information content (AvgIpc) is 2.56. The maximum absolute atomic E-state index is 10.4. The van der Waals surface area contributed by atoms with Gasteiger partial charge < -0.3 is 5.11 Å². The molecule has 138 valence electrons. The van der Waals surface area contributed by atoms with E-state index in [1.807, 2.05) is 0 Å². The van der Waals surface area contributed by atoms with E-state index in [9.17, 15) is 4.79 Å². The molecule has 0 radical (unpaired) electrons. The molecule has 0 aromatic rings. The molecule has 0 aliphatic carbocycles. The molecule has 0 amide bonds. The van der Waals surface area contributed by atoms with Crippen molar-refractivity contribution in [1.29, 1.82) is 0 Å². The van der Waals surface area contributed by atoms with Crippen LogP contribution >= 0.6 is 0 Å². The van der Waals surface area contributed by atoms with Crippen LogP contribution in [-0.2, 0) is 4.79 Å². The van der Waals surface area contributed by atoms with E-state index < -0.39 is 5.97 Å². The fourth-order valence-corrected chi connectivity index (χ4v) is 2.60. The Labute approximate surface area is 149 Å². The summed E-state index contributed by atoms with van der Waals surface area (Å²) in [6, 6.07) is 0. The van der Waals surface area contributed by atoms with Crippen LogP contribution in [0, 0.1) is 0 Å². The van der Waals surface area contributed by atoms with E-state index in [4.69, 9.17) is 5.11 Å². The molecule has 0 bridgehead atoms. The summed E-state index contributed by atoms with van der Waals surface area (Å²) in [5, 5.41) is 8.55. The lowest BCUT2D eigenvalue weighted by Gasteiger charge is -2.01. The van der Waals surface area contributed by atoms with E-state index in [0.29, 0.717) is 6.42 Å². The van der Waals surface area contributed by atoms with Gasteiger partial charge in [0.2, 0.25) is 0 Å². The molecule has 0 spiro atoms. The van der Waals surface area contributed by atoms with E-state index in [-0.39, 0.29) is 0 Å². The van der Waals surface area contributed by atoms with Gasteiger partial charge in [-0.15, -0.1) is 0 Å². The number of rotatable bonds is 17.